The lowest BCUT2D eigenvalue weighted by atomic mass is 10.1. The van der Waals surface area contributed by atoms with Crippen molar-refractivity contribution in [2.45, 2.75) is 31.5 Å². The number of piperazine rings is 1. The van der Waals surface area contributed by atoms with Crippen molar-refractivity contribution in [2.75, 3.05) is 32.7 Å². The van der Waals surface area contributed by atoms with Gasteiger partial charge in [-0.1, -0.05) is 0 Å². The third kappa shape index (κ3) is 2.88. The van der Waals surface area contributed by atoms with Gasteiger partial charge < -0.3 is 20.4 Å². The van der Waals surface area contributed by atoms with Crippen molar-refractivity contribution in [3.63, 3.8) is 0 Å². The van der Waals surface area contributed by atoms with Gasteiger partial charge in [0.15, 0.2) is 0 Å². The van der Waals surface area contributed by atoms with E-state index in [0.717, 1.165) is 19.5 Å². The molecular weight excluding hydrogens is 222 g/mol. The Morgan fingerprint density at radius 1 is 1.47 bits per heavy atom. The molecule has 0 bridgehead atoms. The highest BCUT2D eigenvalue weighted by Crippen LogP contribution is 2.14. The van der Waals surface area contributed by atoms with Crippen molar-refractivity contribution in [2.24, 2.45) is 0 Å². The molecule has 0 aromatic carbocycles. The highest BCUT2D eigenvalue weighted by molar-refractivity contribution is 5.65. The van der Waals surface area contributed by atoms with Gasteiger partial charge in [-0.05, 0) is 13.3 Å². The zero-order valence-corrected chi connectivity index (χ0v) is 10.2. The first-order chi connectivity index (χ1) is 8.08. The minimum Gasteiger partial charge on any atom is -0.465 e. The van der Waals surface area contributed by atoms with Crippen molar-refractivity contribution in [1.82, 2.24) is 15.1 Å². The number of aliphatic hydroxyl groups excluding tert-OH is 1. The molecule has 0 aromatic rings. The first-order valence-corrected chi connectivity index (χ1v) is 6.21. The molecule has 2 rings (SSSR count). The van der Waals surface area contributed by atoms with E-state index in [0.29, 0.717) is 19.6 Å². The first-order valence-electron chi connectivity index (χ1n) is 6.21. The van der Waals surface area contributed by atoms with Crippen LogP contribution in [0.4, 0.5) is 4.79 Å². The van der Waals surface area contributed by atoms with Crippen LogP contribution in [0.1, 0.15) is 13.3 Å². The number of β-amino-alcohol motifs (C(OH)–C–C–N with tert-alkyl or cyclic N) is 1. The van der Waals surface area contributed by atoms with Crippen LogP contribution in [-0.2, 0) is 0 Å². The van der Waals surface area contributed by atoms with Crippen LogP contribution < -0.4 is 5.32 Å². The Morgan fingerprint density at radius 3 is 2.82 bits per heavy atom. The molecule has 2 heterocycles. The first kappa shape index (κ1) is 12.6. The van der Waals surface area contributed by atoms with Gasteiger partial charge in [0.05, 0.1) is 6.10 Å². The van der Waals surface area contributed by atoms with Gasteiger partial charge in [-0.15, -0.1) is 0 Å². The van der Waals surface area contributed by atoms with Gasteiger partial charge in [0, 0.05) is 44.8 Å². The molecular formula is C11H21N3O3. The Bertz CT molecular complexity index is 287. The number of nitrogens with one attached hydrogen (secondary N) is 1. The van der Waals surface area contributed by atoms with Crippen LogP contribution in [0.15, 0.2) is 0 Å². The summed E-state index contributed by atoms with van der Waals surface area (Å²) in [4.78, 5) is 14.7. The third-order valence-corrected chi connectivity index (χ3v) is 3.78. The molecule has 6 heteroatoms. The second-order valence-corrected chi connectivity index (χ2v) is 4.98. The molecule has 2 fully saturated rings. The molecule has 1 amide bonds. The summed E-state index contributed by atoms with van der Waals surface area (Å²) in [5.74, 6) is 0. The van der Waals surface area contributed by atoms with Crippen molar-refractivity contribution in [3.05, 3.63) is 0 Å². The lowest BCUT2D eigenvalue weighted by molar-refractivity contribution is 0.0880. The third-order valence-electron chi connectivity index (χ3n) is 3.78. The monoisotopic (exact) mass is 243 g/mol. The second kappa shape index (κ2) is 5.20. The summed E-state index contributed by atoms with van der Waals surface area (Å²) in [6.45, 7) is 5.61. The largest absolute Gasteiger partial charge is 0.465 e. The molecule has 3 atom stereocenters. The minimum absolute atomic E-state index is 0.0148. The summed E-state index contributed by atoms with van der Waals surface area (Å²) in [7, 11) is 0. The molecule has 0 radical (unpaired) electrons. The maximum Gasteiger partial charge on any atom is 0.407 e. The fraction of sp³-hybridized carbons (Fsp3) is 0.909. The van der Waals surface area contributed by atoms with Crippen LogP contribution >= 0.6 is 0 Å². The lowest BCUT2D eigenvalue weighted by Crippen LogP contribution is -2.61. The highest BCUT2D eigenvalue weighted by Gasteiger charge is 2.33. The number of nitrogens with zero attached hydrogens (tertiary/aromatic N) is 2. The highest BCUT2D eigenvalue weighted by atomic mass is 16.4. The van der Waals surface area contributed by atoms with E-state index in [9.17, 15) is 9.90 Å². The lowest BCUT2D eigenvalue weighted by Gasteiger charge is -2.40. The van der Waals surface area contributed by atoms with Crippen molar-refractivity contribution in [3.8, 4) is 0 Å². The molecule has 0 unspecified atom stereocenters. The summed E-state index contributed by atoms with van der Waals surface area (Å²) >= 11 is 0. The molecule has 0 saturated carbocycles. The van der Waals surface area contributed by atoms with Crippen LogP contribution in [0.25, 0.3) is 0 Å². The number of likely N-dealkylation sites (tertiary alicyclic amines) is 1. The summed E-state index contributed by atoms with van der Waals surface area (Å²) in [5, 5.41) is 21.9. The summed E-state index contributed by atoms with van der Waals surface area (Å²) in [6, 6.07) is 0.143. The van der Waals surface area contributed by atoms with Gasteiger partial charge >= 0.3 is 6.09 Å². The Hall–Kier alpha value is -0.850. The fourth-order valence-corrected chi connectivity index (χ4v) is 2.70. The molecule has 98 valence electrons. The van der Waals surface area contributed by atoms with Gasteiger partial charge in [-0.2, -0.15) is 0 Å². The van der Waals surface area contributed by atoms with Gasteiger partial charge in [-0.25, -0.2) is 4.79 Å². The summed E-state index contributed by atoms with van der Waals surface area (Å²) in [5.41, 5.74) is 0. The fourth-order valence-electron chi connectivity index (χ4n) is 2.70. The zero-order valence-electron chi connectivity index (χ0n) is 10.2. The number of hydrogen-bond donors (Lipinski definition) is 3. The SMILES string of the molecule is C[C@@H]1[C@H](CN2CC[C@H](O)C2)NCCN1C(=O)O. The molecule has 6 nitrogen and oxygen atoms in total. The summed E-state index contributed by atoms with van der Waals surface area (Å²) in [6.07, 6.45) is -0.237. The predicted molar refractivity (Wildman–Crippen MR) is 63.0 cm³/mol. The van der Waals surface area contributed by atoms with E-state index in [1.165, 1.54) is 4.90 Å². The van der Waals surface area contributed by atoms with E-state index in [1.807, 2.05) is 6.92 Å². The van der Waals surface area contributed by atoms with Crippen molar-refractivity contribution < 1.29 is 15.0 Å². The molecule has 2 saturated heterocycles. The number of carboxylic acid groups (broad SMARTS) is 1. The molecule has 3 N–H and O–H groups in total. The average molecular weight is 243 g/mol. The number of hydrogen-bond acceptors (Lipinski definition) is 4. The number of aliphatic hydroxyl groups is 1. The molecule has 2 aliphatic heterocycles. The van der Waals surface area contributed by atoms with E-state index in [1.54, 1.807) is 0 Å². The van der Waals surface area contributed by atoms with Crippen LogP contribution in [0, 0.1) is 0 Å². The second-order valence-electron chi connectivity index (χ2n) is 4.98. The van der Waals surface area contributed by atoms with E-state index in [2.05, 4.69) is 10.2 Å². The Morgan fingerprint density at radius 2 is 2.24 bits per heavy atom. The predicted octanol–water partition coefficient (Wildman–Crippen LogP) is -0.607. The molecule has 0 spiro atoms. The maximum atomic E-state index is 11.0. The number of amides is 1. The van der Waals surface area contributed by atoms with Gasteiger partial charge in [0.25, 0.3) is 0 Å². The molecule has 0 aliphatic carbocycles. The Balaban J connectivity index is 1.89. The zero-order chi connectivity index (χ0) is 12.4. The van der Waals surface area contributed by atoms with E-state index in [-0.39, 0.29) is 18.2 Å². The van der Waals surface area contributed by atoms with Crippen LogP contribution in [0.5, 0.6) is 0 Å². The van der Waals surface area contributed by atoms with Crippen molar-refractivity contribution >= 4 is 6.09 Å². The van der Waals surface area contributed by atoms with E-state index in [4.69, 9.17) is 5.11 Å². The van der Waals surface area contributed by atoms with Crippen LogP contribution in [-0.4, -0.2) is 77.0 Å². The molecule has 2 aliphatic rings. The average Bonchev–Trinajstić information content (AvgIpc) is 2.67. The van der Waals surface area contributed by atoms with Crippen molar-refractivity contribution in [1.29, 1.82) is 0 Å². The Labute approximate surface area is 101 Å². The van der Waals surface area contributed by atoms with Gasteiger partial charge in [0.2, 0.25) is 0 Å². The maximum absolute atomic E-state index is 11.0. The standard InChI is InChI=1S/C11H21N3O3/c1-8-10(7-13-4-2-9(15)6-13)12-3-5-14(8)11(16)17/h8-10,12,15H,2-7H2,1H3,(H,16,17)/t8-,9+,10+/m1/s1. The van der Waals surface area contributed by atoms with E-state index >= 15 is 0 Å². The van der Waals surface area contributed by atoms with Gasteiger partial charge in [0.1, 0.15) is 0 Å². The van der Waals surface area contributed by atoms with E-state index < -0.39 is 6.09 Å². The number of rotatable bonds is 2. The van der Waals surface area contributed by atoms with Gasteiger partial charge in [-0.3, -0.25) is 4.90 Å². The Kier molecular flexibility index (Phi) is 3.86. The topological polar surface area (TPSA) is 76.0 Å². The van der Waals surface area contributed by atoms with Crippen LogP contribution in [0.3, 0.4) is 0 Å². The number of carbonyl (C=O) groups is 1. The van der Waals surface area contributed by atoms with Crippen LogP contribution in [0.2, 0.25) is 0 Å². The minimum atomic E-state index is -0.842. The quantitative estimate of drug-likeness (QED) is 0.603. The molecule has 17 heavy (non-hydrogen) atoms. The summed E-state index contributed by atoms with van der Waals surface area (Å²) < 4.78 is 0. The normalized spacial score (nSPS) is 35.2. The smallest absolute Gasteiger partial charge is 0.407 e. The molecule has 0 aromatic heterocycles.